The highest BCUT2D eigenvalue weighted by Crippen LogP contribution is 2.20. The lowest BCUT2D eigenvalue weighted by atomic mass is 10.2. The summed E-state index contributed by atoms with van der Waals surface area (Å²) in [6, 6.07) is 16.3. The minimum Gasteiger partial charge on any atom is -1.00 e. The molecule has 0 saturated carbocycles. The van der Waals surface area contributed by atoms with E-state index >= 15 is 0 Å². The van der Waals surface area contributed by atoms with Gasteiger partial charge in [-0.05, 0) is 48.4 Å². The zero-order chi connectivity index (χ0) is 19.1. The average Bonchev–Trinajstić information content (AvgIpc) is 2.73. The molecule has 1 heterocycles. The Hall–Kier alpha value is -1.95. The SMILES string of the molecule is CCc1ccc(OCC(O)CN2CCN(c3ccc(OC)cc3)CC2)cc1.[Cl-]. The van der Waals surface area contributed by atoms with Gasteiger partial charge >= 0.3 is 0 Å². The van der Waals surface area contributed by atoms with Crippen molar-refractivity contribution < 1.29 is 27.0 Å². The summed E-state index contributed by atoms with van der Waals surface area (Å²) in [5.41, 5.74) is 2.51. The van der Waals surface area contributed by atoms with E-state index in [1.807, 2.05) is 24.3 Å². The van der Waals surface area contributed by atoms with Crippen molar-refractivity contribution in [2.75, 3.05) is 51.3 Å². The Kier molecular flexibility index (Phi) is 8.90. The van der Waals surface area contributed by atoms with E-state index in [9.17, 15) is 5.11 Å². The maximum absolute atomic E-state index is 10.3. The Morgan fingerprint density at radius 1 is 0.929 bits per heavy atom. The highest BCUT2D eigenvalue weighted by atomic mass is 35.5. The number of aryl methyl sites for hydroxylation is 1. The number of ether oxygens (including phenoxy) is 2. The molecule has 0 bridgehead atoms. The number of benzene rings is 2. The quantitative estimate of drug-likeness (QED) is 0.660. The normalized spacial score (nSPS) is 15.6. The number of β-amino-alcohol motifs (C(OH)–C–C–N with tert-alkyl or cyclic N) is 1. The van der Waals surface area contributed by atoms with Crippen LogP contribution in [0.25, 0.3) is 0 Å². The van der Waals surface area contributed by atoms with Crippen molar-refractivity contribution in [2.24, 2.45) is 0 Å². The molecule has 0 aliphatic carbocycles. The summed E-state index contributed by atoms with van der Waals surface area (Å²) in [7, 11) is 1.68. The van der Waals surface area contributed by atoms with Gasteiger partial charge in [0.25, 0.3) is 0 Å². The van der Waals surface area contributed by atoms with Gasteiger partial charge in [-0.3, -0.25) is 4.90 Å². The van der Waals surface area contributed by atoms with E-state index in [1.165, 1.54) is 11.3 Å². The van der Waals surface area contributed by atoms with Gasteiger partial charge < -0.3 is 31.9 Å². The molecule has 1 saturated heterocycles. The van der Waals surface area contributed by atoms with Crippen molar-refractivity contribution >= 4 is 5.69 Å². The molecule has 1 aliphatic heterocycles. The van der Waals surface area contributed by atoms with E-state index in [0.29, 0.717) is 13.2 Å². The number of hydrogen-bond acceptors (Lipinski definition) is 5. The van der Waals surface area contributed by atoms with Crippen molar-refractivity contribution in [1.82, 2.24) is 4.90 Å². The first kappa shape index (κ1) is 22.3. The number of aliphatic hydroxyl groups excluding tert-OH is 1. The Balaban J connectivity index is 0.00000280. The van der Waals surface area contributed by atoms with Crippen LogP contribution in [0.3, 0.4) is 0 Å². The molecule has 0 radical (unpaired) electrons. The van der Waals surface area contributed by atoms with Crippen molar-refractivity contribution in [3.05, 3.63) is 54.1 Å². The molecule has 6 heteroatoms. The second kappa shape index (κ2) is 11.1. The Morgan fingerprint density at radius 3 is 2.11 bits per heavy atom. The molecule has 28 heavy (non-hydrogen) atoms. The van der Waals surface area contributed by atoms with E-state index in [2.05, 4.69) is 41.0 Å². The van der Waals surface area contributed by atoms with Gasteiger partial charge in [0, 0.05) is 38.4 Å². The number of hydrogen-bond donors (Lipinski definition) is 1. The van der Waals surface area contributed by atoms with E-state index in [1.54, 1.807) is 7.11 Å². The number of nitrogens with zero attached hydrogens (tertiary/aromatic N) is 2. The molecular weight excluding hydrogens is 376 g/mol. The summed E-state index contributed by atoms with van der Waals surface area (Å²) in [5, 5.41) is 10.3. The highest BCUT2D eigenvalue weighted by molar-refractivity contribution is 5.49. The fraction of sp³-hybridized carbons (Fsp3) is 0.455. The monoisotopic (exact) mass is 405 g/mol. The van der Waals surface area contributed by atoms with Crippen molar-refractivity contribution in [3.63, 3.8) is 0 Å². The lowest BCUT2D eigenvalue weighted by molar-refractivity contribution is -0.00000811. The minimum atomic E-state index is -0.483. The van der Waals surface area contributed by atoms with Gasteiger partial charge in [0.2, 0.25) is 0 Å². The Bertz CT molecular complexity index is 686. The second-order valence-electron chi connectivity index (χ2n) is 6.95. The van der Waals surface area contributed by atoms with Crippen molar-refractivity contribution in [3.8, 4) is 11.5 Å². The number of anilines is 1. The molecule has 2 aromatic carbocycles. The molecule has 0 aromatic heterocycles. The van der Waals surface area contributed by atoms with Gasteiger partial charge in [0.15, 0.2) is 0 Å². The molecule has 1 unspecified atom stereocenters. The van der Waals surface area contributed by atoms with Gasteiger partial charge in [-0.1, -0.05) is 19.1 Å². The van der Waals surface area contributed by atoms with Crippen LogP contribution in [0.1, 0.15) is 12.5 Å². The van der Waals surface area contributed by atoms with Crippen molar-refractivity contribution in [2.45, 2.75) is 19.4 Å². The lowest BCUT2D eigenvalue weighted by Crippen LogP contribution is -3.00. The summed E-state index contributed by atoms with van der Waals surface area (Å²) in [6.45, 7) is 6.89. The van der Waals surface area contributed by atoms with Crippen LogP contribution in [0, 0.1) is 0 Å². The van der Waals surface area contributed by atoms with E-state index < -0.39 is 6.10 Å². The molecule has 1 aliphatic rings. The van der Waals surface area contributed by atoms with Gasteiger partial charge in [-0.15, -0.1) is 0 Å². The first-order valence-corrected chi connectivity index (χ1v) is 9.69. The van der Waals surface area contributed by atoms with Gasteiger partial charge in [0.1, 0.15) is 24.2 Å². The first-order valence-electron chi connectivity index (χ1n) is 9.69. The number of rotatable bonds is 8. The van der Waals surface area contributed by atoms with Gasteiger partial charge in [-0.25, -0.2) is 0 Å². The predicted octanol–water partition coefficient (Wildman–Crippen LogP) is -0.176. The third-order valence-corrected chi connectivity index (χ3v) is 5.05. The maximum atomic E-state index is 10.3. The summed E-state index contributed by atoms with van der Waals surface area (Å²) < 4.78 is 10.9. The van der Waals surface area contributed by atoms with Crippen molar-refractivity contribution in [1.29, 1.82) is 0 Å². The summed E-state index contributed by atoms with van der Waals surface area (Å²) in [6.07, 6.45) is 0.536. The topological polar surface area (TPSA) is 45.2 Å². The van der Waals surface area contributed by atoms with Crippen LogP contribution in [-0.2, 0) is 6.42 Å². The summed E-state index contributed by atoms with van der Waals surface area (Å²) >= 11 is 0. The third-order valence-electron chi connectivity index (χ3n) is 5.05. The first-order chi connectivity index (χ1) is 13.2. The highest BCUT2D eigenvalue weighted by Gasteiger charge is 2.19. The van der Waals surface area contributed by atoms with Crippen LogP contribution in [-0.4, -0.2) is 62.6 Å². The zero-order valence-corrected chi connectivity index (χ0v) is 17.4. The summed E-state index contributed by atoms with van der Waals surface area (Å²) in [4.78, 5) is 4.67. The number of piperazine rings is 1. The Morgan fingerprint density at radius 2 is 1.54 bits per heavy atom. The molecule has 0 amide bonds. The second-order valence-corrected chi connectivity index (χ2v) is 6.95. The lowest BCUT2D eigenvalue weighted by Gasteiger charge is -2.36. The minimum absolute atomic E-state index is 0. The third kappa shape index (κ3) is 6.30. The van der Waals surface area contributed by atoms with Crippen LogP contribution >= 0.6 is 0 Å². The van der Waals surface area contributed by atoms with E-state index in [4.69, 9.17) is 9.47 Å². The molecule has 154 valence electrons. The molecule has 5 nitrogen and oxygen atoms in total. The fourth-order valence-electron chi connectivity index (χ4n) is 3.35. The molecule has 1 fully saturated rings. The molecule has 1 N–H and O–H groups in total. The maximum Gasteiger partial charge on any atom is 0.119 e. The van der Waals surface area contributed by atoms with Crippen LogP contribution in [0.4, 0.5) is 5.69 Å². The smallest absolute Gasteiger partial charge is 0.119 e. The number of aliphatic hydroxyl groups is 1. The van der Waals surface area contributed by atoms with E-state index in [-0.39, 0.29) is 12.4 Å². The molecule has 1 atom stereocenters. The standard InChI is InChI=1S/C22H30N2O3.ClH/c1-3-18-4-8-22(9-5-18)27-17-20(25)16-23-12-14-24(15-13-23)19-6-10-21(26-2)11-7-19;/h4-11,20,25H,3,12-17H2,1-2H3;1H/p-1. The molecule has 3 rings (SSSR count). The Labute approximate surface area is 174 Å². The van der Waals surface area contributed by atoms with E-state index in [0.717, 1.165) is 44.1 Å². The van der Waals surface area contributed by atoms with Crippen LogP contribution in [0.2, 0.25) is 0 Å². The van der Waals surface area contributed by atoms with Crippen LogP contribution in [0.15, 0.2) is 48.5 Å². The number of methoxy groups -OCH3 is 1. The van der Waals surface area contributed by atoms with Crippen LogP contribution in [0.5, 0.6) is 11.5 Å². The molecule has 2 aromatic rings. The number of halogens is 1. The largest absolute Gasteiger partial charge is 1.00 e. The summed E-state index contributed by atoms with van der Waals surface area (Å²) in [5.74, 6) is 1.69. The molecular formula is C22H30ClN2O3-. The average molecular weight is 406 g/mol. The fourth-order valence-corrected chi connectivity index (χ4v) is 3.35. The van der Waals surface area contributed by atoms with Gasteiger partial charge in [0.05, 0.1) is 7.11 Å². The molecule has 0 spiro atoms. The van der Waals surface area contributed by atoms with Crippen LogP contribution < -0.4 is 26.8 Å². The van der Waals surface area contributed by atoms with Gasteiger partial charge in [-0.2, -0.15) is 0 Å². The zero-order valence-electron chi connectivity index (χ0n) is 16.7. The predicted molar refractivity (Wildman–Crippen MR) is 109 cm³/mol.